The molecule has 1 fully saturated rings. The van der Waals surface area contributed by atoms with Gasteiger partial charge in [-0.05, 0) is 61.2 Å². The molecular formula is C38H40F6N4O3. The van der Waals surface area contributed by atoms with Crippen molar-refractivity contribution in [3.63, 3.8) is 0 Å². The van der Waals surface area contributed by atoms with E-state index in [0.717, 1.165) is 29.9 Å². The molecule has 3 aliphatic rings. The number of alkyl halides is 6. The number of ether oxygens (including phenoxy) is 2. The van der Waals surface area contributed by atoms with Crippen molar-refractivity contribution < 1.29 is 40.6 Å². The Hall–Kier alpha value is -4.52. The number of halogens is 6. The fraction of sp³-hybridized carbons (Fsp3) is 0.421. The molecule has 3 aromatic rings. The number of aliphatic imine (C=N–C) groups is 1. The van der Waals surface area contributed by atoms with Gasteiger partial charge in [0.2, 0.25) is 5.91 Å². The van der Waals surface area contributed by atoms with Crippen molar-refractivity contribution >= 4 is 24.0 Å². The highest BCUT2D eigenvalue weighted by Crippen LogP contribution is 2.54. The standard InChI is InChI=1S/C38H40F6N4O3/c1-4-8-29-19-31(36(37(39,40)41,38(42,43)44)51-23-27-9-6-5-7-10-27)13-14-32(29)48-17-16-47(21-26(48)2)34(49)22-46-24-35(3,45-25-46)30-12-11-28-15-18-50-33(28)20-30/h4-14,19-20,25-26H,15-18,21-24H2,1-3H3/t26-,35?/m0/s1. The zero-order chi connectivity index (χ0) is 36.6. The van der Waals surface area contributed by atoms with Gasteiger partial charge < -0.3 is 24.2 Å². The Morgan fingerprint density at radius 1 is 1.02 bits per heavy atom. The zero-order valence-electron chi connectivity index (χ0n) is 28.6. The molecule has 2 atom stereocenters. The molecule has 0 radical (unpaired) electrons. The number of benzene rings is 3. The van der Waals surface area contributed by atoms with Gasteiger partial charge in [-0.1, -0.05) is 60.7 Å². The highest BCUT2D eigenvalue weighted by atomic mass is 19.4. The van der Waals surface area contributed by atoms with Gasteiger partial charge >= 0.3 is 12.4 Å². The third-order valence-corrected chi connectivity index (χ3v) is 9.84. The lowest BCUT2D eigenvalue weighted by Crippen LogP contribution is -2.56. The van der Waals surface area contributed by atoms with E-state index in [1.807, 2.05) is 29.7 Å². The lowest BCUT2D eigenvalue weighted by Gasteiger charge is -2.43. The van der Waals surface area contributed by atoms with Crippen molar-refractivity contribution in [3.8, 4) is 5.75 Å². The maximum Gasteiger partial charge on any atom is 0.430 e. The zero-order valence-corrected chi connectivity index (χ0v) is 28.6. The number of allylic oxidation sites excluding steroid dienone is 1. The second-order valence-corrected chi connectivity index (χ2v) is 13.5. The van der Waals surface area contributed by atoms with Gasteiger partial charge in [-0.15, -0.1) is 0 Å². The second-order valence-electron chi connectivity index (χ2n) is 13.5. The van der Waals surface area contributed by atoms with E-state index in [1.54, 1.807) is 30.3 Å². The normalized spacial score (nSPS) is 21.0. The molecule has 3 heterocycles. The summed E-state index contributed by atoms with van der Waals surface area (Å²) < 4.78 is 98.2. The van der Waals surface area contributed by atoms with Crippen LogP contribution in [0.4, 0.5) is 32.0 Å². The molecule has 3 aromatic carbocycles. The molecule has 272 valence electrons. The minimum absolute atomic E-state index is 0.103. The van der Waals surface area contributed by atoms with Crippen LogP contribution < -0.4 is 9.64 Å². The molecule has 0 bridgehead atoms. The van der Waals surface area contributed by atoms with Crippen molar-refractivity contribution in [2.75, 3.05) is 44.2 Å². The molecule has 1 amide bonds. The van der Waals surface area contributed by atoms with Crippen molar-refractivity contribution in [1.82, 2.24) is 9.80 Å². The highest BCUT2D eigenvalue weighted by Gasteiger charge is 2.73. The van der Waals surface area contributed by atoms with Gasteiger partial charge in [-0.25, -0.2) is 0 Å². The summed E-state index contributed by atoms with van der Waals surface area (Å²) >= 11 is 0. The van der Waals surface area contributed by atoms with Gasteiger partial charge in [0, 0.05) is 49.9 Å². The van der Waals surface area contributed by atoms with E-state index in [1.165, 1.54) is 42.0 Å². The van der Waals surface area contributed by atoms with Crippen LogP contribution in [-0.4, -0.2) is 79.8 Å². The molecule has 0 saturated carbocycles. The van der Waals surface area contributed by atoms with Crippen LogP contribution in [0.1, 0.15) is 48.6 Å². The SMILES string of the molecule is CC=Cc1cc(C(OCc2ccccc2)(C(F)(F)F)C(F)(F)F)ccc1N1CCN(C(=O)CN2C=NC(C)(c3ccc4c(c3)OCC4)C2)C[C@@H]1C. The Kier molecular flexibility index (Phi) is 9.88. The number of piperazine rings is 1. The summed E-state index contributed by atoms with van der Waals surface area (Å²) in [6.07, 6.45) is -6.02. The maximum absolute atomic E-state index is 14.6. The first-order valence-corrected chi connectivity index (χ1v) is 16.8. The van der Waals surface area contributed by atoms with Gasteiger partial charge in [-0.2, -0.15) is 26.3 Å². The van der Waals surface area contributed by atoms with Crippen molar-refractivity contribution in [1.29, 1.82) is 0 Å². The van der Waals surface area contributed by atoms with Crippen LogP contribution in [0.5, 0.6) is 5.75 Å². The van der Waals surface area contributed by atoms with Crippen molar-refractivity contribution in [2.24, 2.45) is 4.99 Å². The lowest BCUT2D eigenvalue weighted by atomic mass is 9.89. The number of fused-ring (bicyclic) bond motifs is 1. The molecule has 0 aliphatic carbocycles. The Labute approximate surface area is 293 Å². The van der Waals surface area contributed by atoms with Gasteiger partial charge in [0.15, 0.2) is 0 Å². The van der Waals surface area contributed by atoms with E-state index in [2.05, 4.69) is 12.1 Å². The van der Waals surface area contributed by atoms with E-state index in [9.17, 15) is 31.1 Å². The molecule has 7 nitrogen and oxygen atoms in total. The second kappa shape index (κ2) is 13.9. The quantitative estimate of drug-likeness (QED) is 0.215. The molecule has 1 unspecified atom stereocenters. The highest BCUT2D eigenvalue weighted by molar-refractivity contribution is 5.81. The van der Waals surface area contributed by atoms with Crippen LogP contribution in [0.25, 0.3) is 6.08 Å². The number of hydrogen-bond acceptors (Lipinski definition) is 6. The summed E-state index contributed by atoms with van der Waals surface area (Å²) in [6.45, 7) is 6.87. The largest absolute Gasteiger partial charge is 0.493 e. The van der Waals surface area contributed by atoms with Gasteiger partial charge in [0.05, 0.1) is 26.1 Å². The number of hydrogen-bond donors (Lipinski definition) is 0. The molecule has 6 rings (SSSR count). The molecule has 51 heavy (non-hydrogen) atoms. The van der Waals surface area contributed by atoms with Crippen LogP contribution in [-0.2, 0) is 33.7 Å². The Bertz CT molecular complexity index is 1780. The number of rotatable bonds is 9. The van der Waals surface area contributed by atoms with Crippen molar-refractivity contribution in [2.45, 2.75) is 63.3 Å². The first-order chi connectivity index (χ1) is 24.1. The molecule has 0 N–H and O–H groups in total. The topological polar surface area (TPSA) is 57.6 Å². The van der Waals surface area contributed by atoms with Crippen LogP contribution >= 0.6 is 0 Å². The smallest absolute Gasteiger partial charge is 0.430 e. The predicted octanol–water partition coefficient (Wildman–Crippen LogP) is 7.49. The van der Waals surface area contributed by atoms with Crippen LogP contribution in [0.3, 0.4) is 0 Å². The number of nitrogens with zero attached hydrogens (tertiary/aromatic N) is 4. The molecule has 0 aromatic heterocycles. The predicted molar refractivity (Wildman–Crippen MR) is 183 cm³/mol. The third-order valence-electron chi connectivity index (χ3n) is 9.84. The van der Waals surface area contributed by atoms with Crippen molar-refractivity contribution in [3.05, 3.63) is 101 Å². The average molecular weight is 715 g/mol. The summed E-state index contributed by atoms with van der Waals surface area (Å²) in [5.74, 6) is 0.767. The first-order valence-electron chi connectivity index (χ1n) is 16.8. The summed E-state index contributed by atoms with van der Waals surface area (Å²) in [7, 11) is 0. The summed E-state index contributed by atoms with van der Waals surface area (Å²) in [5.41, 5.74) is -3.20. The molecule has 3 aliphatic heterocycles. The monoisotopic (exact) mass is 714 g/mol. The number of carbonyl (C=O) groups is 1. The van der Waals surface area contributed by atoms with E-state index < -0.39 is 35.7 Å². The van der Waals surface area contributed by atoms with Crippen LogP contribution in [0, 0.1) is 0 Å². The number of anilines is 1. The van der Waals surface area contributed by atoms with E-state index >= 15 is 0 Å². The fourth-order valence-corrected chi connectivity index (χ4v) is 7.11. The summed E-state index contributed by atoms with van der Waals surface area (Å²) in [5, 5.41) is 0. The maximum atomic E-state index is 14.6. The van der Waals surface area contributed by atoms with Gasteiger partial charge in [-0.3, -0.25) is 9.79 Å². The van der Waals surface area contributed by atoms with Crippen LogP contribution in [0.15, 0.2) is 77.8 Å². The van der Waals surface area contributed by atoms with E-state index in [-0.39, 0.29) is 29.6 Å². The van der Waals surface area contributed by atoms with Crippen LogP contribution in [0.2, 0.25) is 0 Å². The third kappa shape index (κ3) is 7.04. The summed E-state index contributed by atoms with van der Waals surface area (Å²) in [4.78, 5) is 23.7. The summed E-state index contributed by atoms with van der Waals surface area (Å²) in [6, 6.07) is 16.3. The number of amides is 1. The molecule has 0 spiro atoms. The molecule has 13 heteroatoms. The Morgan fingerprint density at radius 3 is 2.45 bits per heavy atom. The first kappa shape index (κ1) is 36.3. The number of carbonyl (C=O) groups excluding carboxylic acids is 1. The van der Waals surface area contributed by atoms with E-state index in [0.29, 0.717) is 38.5 Å². The van der Waals surface area contributed by atoms with Gasteiger partial charge in [0.25, 0.3) is 5.60 Å². The average Bonchev–Trinajstić information content (AvgIpc) is 3.71. The fourth-order valence-electron chi connectivity index (χ4n) is 7.11. The van der Waals surface area contributed by atoms with E-state index in [4.69, 9.17) is 14.5 Å². The lowest BCUT2D eigenvalue weighted by molar-refractivity contribution is -0.392. The minimum atomic E-state index is -5.82. The molecular weight excluding hydrogens is 674 g/mol. The Balaban J connectivity index is 1.17. The minimum Gasteiger partial charge on any atom is -0.493 e. The van der Waals surface area contributed by atoms with Gasteiger partial charge in [0.1, 0.15) is 11.3 Å². The molecule has 1 saturated heterocycles. The Morgan fingerprint density at radius 2 is 1.76 bits per heavy atom.